The standard InChI is InChI=1S/C21H25N3O3S/c1-14(2)21(27)24-11-4-3-9-17(24)19(25)22-15-7-5-8-16(13-15)23-20(26)18-10-6-12-28-18/h5-8,10,12-14,17H,3-4,9,11H2,1-2H3,(H,22,25)(H,23,26). The number of benzene rings is 1. The number of likely N-dealkylation sites (tertiary alicyclic amines) is 1. The van der Waals surface area contributed by atoms with E-state index in [9.17, 15) is 14.4 Å². The summed E-state index contributed by atoms with van der Waals surface area (Å²) in [6.07, 6.45) is 2.52. The molecule has 1 aromatic heterocycles. The van der Waals surface area contributed by atoms with Crippen molar-refractivity contribution in [2.45, 2.75) is 39.2 Å². The van der Waals surface area contributed by atoms with Crippen LogP contribution in [-0.2, 0) is 9.59 Å². The maximum atomic E-state index is 12.8. The highest BCUT2D eigenvalue weighted by Crippen LogP contribution is 2.22. The second-order valence-electron chi connectivity index (χ2n) is 7.20. The van der Waals surface area contributed by atoms with Gasteiger partial charge in [-0.3, -0.25) is 14.4 Å². The van der Waals surface area contributed by atoms with Crippen molar-refractivity contribution in [1.82, 2.24) is 4.90 Å². The van der Waals surface area contributed by atoms with Gasteiger partial charge in [-0.05, 0) is 48.9 Å². The van der Waals surface area contributed by atoms with E-state index in [0.717, 1.165) is 12.8 Å². The van der Waals surface area contributed by atoms with Crippen LogP contribution in [0.3, 0.4) is 0 Å². The van der Waals surface area contributed by atoms with Gasteiger partial charge in [0.2, 0.25) is 11.8 Å². The minimum atomic E-state index is -0.451. The number of rotatable bonds is 5. The quantitative estimate of drug-likeness (QED) is 0.798. The van der Waals surface area contributed by atoms with Crippen molar-refractivity contribution >= 4 is 40.4 Å². The van der Waals surface area contributed by atoms with Crippen LogP contribution in [0.25, 0.3) is 0 Å². The number of anilines is 2. The van der Waals surface area contributed by atoms with Crippen molar-refractivity contribution in [1.29, 1.82) is 0 Å². The van der Waals surface area contributed by atoms with E-state index in [0.29, 0.717) is 29.2 Å². The molecule has 3 rings (SSSR count). The minimum Gasteiger partial charge on any atom is -0.330 e. The lowest BCUT2D eigenvalue weighted by Crippen LogP contribution is -2.51. The van der Waals surface area contributed by atoms with Gasteiger partial charge >= 0.3 is 0 Å². The second kappa shape index (κ2) is 9.01. The zero-order valence-corrected chi connectivity index (χ0v) is 16.9. The zero-order chi connectivity index (χ0) is 20.1. The molecule has 3 amide bonds. The molecule has 0 spiro atoms. The van der Waals surface area contributed by atoms with E-state index in [1.54, 1.807) is 35.2 Å². The van der Waals surface area contributed by atoms with Crippen LogP contribution in [0.2, 0.25) is 0 Å². The molecule has 28 heavy (non-hydrogen) atoms. The number of nitrogens with one attached hydrogen (secondary N) is 2. The van der Waals surface area contributed by atoms with Crippen molar-refractivity contribution < 1.29 is 14.4 Å². The summed E-state index contributed by atoms with van der Waals surface area (Å²) in [5.41, 5.74) is 1.20. The summed E-state index contributed by atoms with van der Waals surface area (Å²) in [6.45, 7) is 4.32. The predicted molar refractivity (Wildman–Crippen MR) is 112 cm³/mol. The van der Waals surface area contributed by atoms with Crippen molar-refractivity contribution in [3.63, 3.8) is 0 Å². The van der Waals surface area contributed by atoms with Crippen molar-refractivity contribution in [3.8, 4) is 0 Å². The Morgan fingerprint density at radius 1 is 1.07 bits per heavy atom. The van der Waals surface area contributed by atoms with E-state index in [4.69, 9.17) is 0 Å². The number of carbonyl (C=O) groups is 3. The van der Waals surface area contributed by atoms with Gasteiger partial charge in [-0.1, -0.05) is 26.0 Å². The maximum Gasteiger partial charge on any atom is 0.265 e. The monoisotopic (exact) mass is 399 g/mol. The lowest BCUT2D eigenvalue weighted by Gasteiger charge is -2.35. The van der Waals surface area contributed by atoms with Gasteiger partial charge in [-0.25, -0.2) is 0 Å². The molecule has 1 fully saturated rings. The lowest BCUT2D eigenvalue weighted by atomic mass is 9.99. The average molecular weight is 400 g/mol. The number of hydrogen-bond donors (Lipinski definition) is 2. The SMILES string of the molecule is CC(C)C(=O)N1CCCCC1C(=O)Nc1cccc(NC(=O)c2cccs2)c1. The van der Waals surface area contributed by atoms with Crippen LogP contribution in [-0.4, -0.2) is 35.2 Å². The Bertz CT molecular complexity index is 848. The van der Waals surface area contributed by atoms with E-state index in [-0.39, 0.29) is 23.6 Å². The highest BCUT2D eigenvalue weighted by atomic mass is 32.1. The summed E-state index contributed by atoms with van der Waals surface area (Å²) in [5.74, 6) is -0.490. The highest BCUT2D eigenvalue weighted by molar-refractivity contribution is 7.12. The second-order valence-corrected chi connectivity index (χ2v) is 8.15. The third-order valence-electron chi connectivity index (χ3n) is 4.72. The Balaban J connectivity index is 1.68. The van der Waals surface area contributed by atoms with Gasteiger partial charge in [0.05, 0.1) is 4.88 Å². The van der Waals surface area contributed by atoms with E-state index in [2.05, 4.69) is 10.6 Å². The number of amides is 3. The molecule has 1 saturated heterocycles. The Labute approximate surface area is 168 Å². The third kappa shape index (κ3) is 4.78. The fourth-order valence-electron chi connectivity index (χ4n) is 3.30. The third-order valence-corrected chi connectivity index (χ3v) is 5.58. The highest BCUT2D eigenvalue weighted by Gasteiger charge is 2.33. The Morgan fingerprint density at radius 3 is 2.50 bits per heavy atom. The molecule has 1 aliphatic rings. The average Bonchev–Trinajstić information content (AvgIpc) is 3.22. The molecular weight excluding hydrogens is 374 g/mol. The van der Waals surface area contributed by atoms with Gasteiger partial charge in [0.25, 0.3) is 5.91 Å². The number of thiophene rings is 1. The smallest absolute Gasteiger partial charge is 0.265 e. The molecule has 0 saturated carbocycles. The fourth-order valence-corrected chi connectivity index (χ4v) is 3.92. The van der Waals surface area contributed by atoms with Gasteiger partial charge in [0, 0.05) is 23.8 Å². The van der Waals surface area contributed by atoms with Crippen LogP contribution < -0.4 is 10.6 Å². The molecule has 148 valence electrons. The number of hydrogen-bond acceptors (Lipinski definition) is 4. The van der Waals surface area contributed by atoms with Crippen LogP contribution in [0.15, 0.2) is 41.8 Å². The maximum absolute atomic E-state index is 12.8. The van der Waals surface area contributed by atoms with Gasteiger partial charge in [-0.15, -0.1) is 11.3 Å². The Hall–Kier alpha value is -2.67. The first-order valence-electron chi connectivity index (χ1n) is 9.52. The zero-order valence-electron chi connectivity index (χ0n) is 16.1. The van der Waals surface area contributed by atoms with Gasteiger partial charge in [-0.2, -0.15) is 0 Å². The molecule has 0 aliphatic carbocycles. The molecule has 2 heterocycles. The topological polar surface area (TPSA) is 78.5 Å². The normalized spacial score (nSPS) is 16.7. The van der Waals surface area contributed by atoms with E-state index in [1.807, 2.05) is 25.3 Å². The summed E-state index contributed by atoms with van der Waals surface area (Å²) < 4.78 is 0. The number of carbonyl (C=O) groups excluding carboxylic acids is 3. The Morgan fingerprint density at radius 2 is 1.82 bits per heavy atom. The summed E-state index contributed by atoms with van der Waals surface area (Å²) in [6, 6.07) is 10.2. The predicted octanol–water partition coefficient (Wildman–Crippen LogP) is 3.98. The van der Waals surface area contributed by atoms with Crippen LogP contribution in [0, 0.1) is 5.92 Å². The molecule has 7 heteroatoms. The van der Waals surface area contributed by atoms with Crippen molar-refractivity contribution in [3.05, 3.63) is 46.7 Å². The molecule has 2 N–H and O–H groups in total. The first kappa shape index (κ1) is 20.1. The molecule has 1 unspecified atom stereocenters. The number of piperidine rings is 1. The van der Waals surface area contributed by atoms with Crippen molar-refractivity contribution in [2.75, 3.05) is 17.2 Å². The van der Waals surface area contributed by atoms with Crippen LogP contribution in [0.4, 0.5) is 11.4 Å². The summed E-state index contributed by atoms with van der Waals surface area (Å²) in [5, 5.41) is 7.58. The van der Waals surface area contributed by atoms with Gasteiger partial charge < -0.3 is 15.5 Å². The summed E-state index contributed by atoms with van der Waals surface area (Å²) in [7, 11) is 0. The van der Waals surface area contributed by atoms with Crippen LogP contribution in [0.5, 0.6) is 0 Å². The van der Waals surface area contributed by atoms with E-state index >= 15 is 0 Å². The summed E-state index contributed by atoms with van der Waals surface area (Å²) in [4.78, 5) is 39.8. The number of nitrogens with zero attached hydrogens (tertiary/aromatic N) is 1. The van der Waals surface area contributed by atoms with E-state index in [1.165, 1.54) is 11.3 Å². The molecule has 6 nitrogen and oxygen atoms in total. The van der Waals surface area contributed by atoms with Crippen molar-refractivity contribution in [2.24, 2.45) is 5.92 Å². The largest absolute Gasteiger partial charge is 0.330 e. The summed E-state index contributed by atoms with van der Waals surface area (Å²) >= 11 is 1.37. The van der Waals surface area contributed by atoms with Gasteiger partial charge in [0.15, 0.2) is 0 Å². The molecule has 1 aliphatic heterocycles. The fraction of sp³-hybridized carbons (Fsp3) is 0.381. The molecular formula is C21H25N3O3S. The first-order chi connectivity index (χ1) is 13.5. The minimum absolute atomic E-state index is 0.0109. The van der Waals surface area contributed by atoms with Crippen LogP contribution in [0.1, 0.15) is 42.8 Å². The van der Waals surface area contributed by atoms with Gasteiger partial charge in [0.1, 0.15) is 6.04 Å². The molecule has 0 bridgehead atoms. The van der Waals surface area contributed by atoms with E-state index < -0.39 is 6.04 Å². The first-order valence-corrected chi connectivity index (χ1v) is 10.4. The molecule has 1 atom stereocenters. The molecule has 1 aromatic carbocycles. The van der Waals surface area contributed by atoms with Crippen LogP contribution >= 0.6 is 11.3 Å². The lowest BCUT2D eigenvalue weighted by molar-refractivity contribution is -0.142. The molecule has 2 aromatic rings. The Kier molecular flexibility index (Phi) is 6.46. The molecule has 0 radical (unpaired) electrons.